The lowest BCUT2D eigenvalue weighted by molar-refractivity contribution is -0.149. The number of methoxy groups -OCH3 is 3. The lowest BCUT2D eigenvalue weighted by atomic mass is 10.3. The highest BCUT2D eigenvalue weighted by Gasteiger charge is 2.11. The van der Waals surface area contributed by atoms with Crippen molar-refractivity contribution in [2.75, 3.05) is 67.4 Å². The molecule has 0 bridgehead atoms. The molecule has 0 amide bonds. The SMILES string of the molecule is COCC(=O)OCCN(CCOC(=O)COC)CCC(=O)OC. The van der Waals surface area contributed by atoms with Crippen molar-refractivity contribution in [3.63, 3.8) is 0 Å². The van der Waals surface area contributed by atoms with E-state index >= 15 is 0 Å². The minimum atomic E-state index is -0.466. The Morgan fingerprint density at radius 3 is 1.61 bits per heavy atom. The van der Waals surface area contributed by atoms with E-state index in [0.717, 1.165) is 0 Å². The van der Waals surface area contributed by atoms with Gasteiger partial charge in [-0.1, -0.05) is 0 Å². The number of hydrogen-bond acceptors (Lipinski definition) is 9. The van der Waals surface area contributed by atoms with Gasteiger partial charge in [0.2, 0.25) is 0 Å². The predicted octanol–water partition coefficient (Wildman–Crippen LogP) is -0.769. The molecule has 0 aromatic heterocycles. The minimum Gasteiger partial charge on any atom is -0.469 e. The molecule has 0 atom stereocenters. The van der Waals surface area contributed by atoms with Crippen molar-refractivity contribution in [3.8, 4) is 0 Å². The van der Waals surface area contributed by atoms with E-state index in [4.69, 9.17) is 9.47 Å². The molecule has 0 N–H and O–H groups in total. The summed E-state index contributed by atoms with van der Waals surface area (Å²) in [5.41, 5.74) is 0. The van der Waals surface area contributed by atoms with Gasteiger partial charge >= 0.3 is 17.9 Å². The Morgan fingerprint density at radius 1 is 0.739 bits per heavy atom. The molecule has 0 radical (unpaired) electrons. The molecule has 0 aliphatic heterocycles. The molecule has 9 nitrogen and oxygen atoms in total. The first-order valence-corrected chi connectivity index (χ1v) is 7.11. The first kappa shape index (κ1) is 21.3. The molecule has 0 rings (SSSR count). The van der Waals surface area contributed by atoms with Crippen molar-refractivity contribution < 1.29 is 38.1 Å². The van der Waals surface area contributed by atoms with Crippen LogP contribution < -0.4 is 0 Å². The van der Waals surface area contributed by atoms with Crippen LogP contribution in [0.15, 0.2) is 0 Å². The number of carbonyl (C=O) groups is 3. The van der Waals surface area contributed by atoms with Gasteiger partial charge in [0.1, 0.15) is 26.4 Å². The maximum Gasteiger partial charge on any atom is 0.332 e. The molecule has 0 unspecified atom stereocenters. The highest BCUT2D eigenvalue weighted by atomic mass is 16.6. The Balaban J connectivity index is 4.14. The van der Waals surface area contributed by atoms with Gasteiger partial charge in [-0.3, -0.25) is 9.69 Å². The molecular weight excluding hydrogens is 310 g/mol. The number of esters is 3. The molecular formula is C14H25NO8. The van der Waals surface area contributed by atoms with E-state index in [1.54, 1.807) is 0 Å². The summed E-state index contributed by atoms with van der Waals surface area (Å²) in [6.07, 6.45) is 0.189. The van der Waals surface area contributed by atoms with Crippen LogP contribution in [0.4, 0.5) is 0 Å². The monoisotopic (exact) mass is 335 g/mol. The Kier molecular flexibility index (Phi) is 12.9. The van der Waals surface area contributed by atoms with Gasteiger partial charge < -0.3 is 23.7 Å². The smallest absolute Gasteiger partial charge is 0.332 e. The van der Waals surface area contributed by atoms with Crippen LogP contribution in [-0.4, -0.2) is 90.2 Å². The second kappa shape index (κ2) is 13.9. The average molecular weight is 335 g/mol. The van der Waals surface area contributed by atoms with Crippen molar-refractivity contribution in [3.05, 3.63) is 0 Å². The van der Waals surface area contributed by atoms with Crippen LogP contribution in [0, 0.1) is 0 Å². The summed E-state index contributed by atoms with van der Waals surface area (Å²) in [5.74, 6) is -1.28. The van der Waals surface area contributed by atoms with E-state index in [9.17, 15) is 14.4 Å². The first-order chi connectivity index (χ1) is 11.0. The van der Waals surface area contributed by atoms with Crippen molar-refractivity contribution in [2.24, 2.45) is 0 Å². The summed E-state index contributed by atoms with van der Waals surface area (Å²) >= 11 is 0. The third kappa shape index (κ3) is 12.5. The molecule has 0 saturated heterocycles. The van der Waals surface area contributed by atoms with E-state index in [0.29, 0.717) is 19.6 Å². The number of rotatable bonds is 13. The van der Waals surface area contributed by atoms with Gasteiger partial charge in [0.25, 0.3) is 0 Å². The average Bonchev–Trinajstić information content (AvgIpc) is 2.52. The van der Waals surface area contributed by atoms with Crippen LogP contribution in [0.2, 0.25) is 0 Å². The van der Waals surface area contributed by atoms with E-state index in [1.807, 2.05) is 4.90 Å². The highest BCUT2D eigenvalue weighted by Crippen LogP contribution is 1.96. The summed E-state index contributed by atoms with van der Waals surface area (Å²) < 4.78 is 23.8. The second-order valence-corrected chi connectivity index (χ2v) is 4.47. The minimum absolute atomic E-state index is 0.114. The van der Waals surface area contributed by atoms with E-state index in [-0.39, 0.29) is 38.8 Å². The number of hydrogen-bond donors (Lipinski definition) is 0. The van der Waals surface area contributed by atoms with E-state index < -0.39 is 11.9 Å². The van der Waals surface area contributed by atoms with Gasteiger partial charge in [0.15, 0.2) is 0 Å². The van der Waals surface area contributed by atoms with Crippen LogP contribution in [0.3, 0.4) is 0 Å². The van der Waals surface area contributed by atoms with E-state index in [1.165, 1.54) is 21.3 Å². The predicted molar refractivity (Wildman–Crippen MR) is 78.7 cm³/mol. The summed E-state index contributed by atoms with van der Waals surface area (Å²) in [6.45, 7) is 1.26. The zero-order chi connectivity index (χ0) is 17.5. The Morgan fingerprint density at radius 2 is 1.22 bits per heavy atom. The normalized spacial score (nSPS) is 10.4. The molecule has 0 aliphatic carbocycles. The van der Waals surface area contributed by atoms with Crippen molar-refractivity contribution in [2.45, 2.75) is 6.42 Å². The Labute approximate surface area is 135 Å². The molecule has 0 spiro atoms. The van der Waals surface area contributed by atoms with E-state index in [2.05, 4.69) is 14.2 Å². The molecule has 0 fully saturated rings. The Hall–Kier alpha value is -1.71. The standard InChI is InChI=1S/C14H25NO8/c1-19-10-13(17)22-8-6-15(5-4-12(16)21-3)7-9-23-14(18)11-20-2/h4-11H2,1-3H3. The molecule has 0 heterocycles. The topological polar surface area (TPSA) is 101 Å². The van der Waals surface area contributed by atoms with Gasteiger partial charge in [-0.15, -0.1) is 0 Å². The molecule has 9 heteroatoms. The van der Waals surface area contributed by atoms with Gasteiger partial charge in [0, 0.05) is 33.9 Å². The fraction of sp³-hybridized carbons (Fsp3) is 0.786. The fourth-order valence-corrected chi connectivity index (χ4v) is 1.58. The summed E-state index contributed by atoms with van der Waals surface area (Å²) in [7, 11) is 4.11. The molecule has 0 aliphatic rings. The second-order valence-electron chi connectivity index (χ2n) is 4.47. The van der Waals surface area contributed by atoms with Crippen LogP contribution in [-0.2, 0) is 38.1 Å². The molecule has 0 saturated carbocycles. The third-order valence-electron chi connectivity index (χ3n) is 2.73. The zero-order valence-corrected chi connectivity index (χ0v) is 13.9. The lowest BCUT2D eigenvalue weighted by Crippen LogP contribution is -2.34. The van der Waals surface area contributed by atoms with Crippen molar-refractivity contribution in [1.29, 1.82) is 0 Å². The Bertz CT molecular complexity index is 337. The molecule has 134 valence electrons. The number of nitrogens with zero attached hydrogens (tertiary/aromatic N) is 1. The van der Waals surface area contributed by atoms with Crippen LogP contribution in [0.5, 0.6) is 0 Å². The van der Waals surface area contributed by atoms with Crippen LogP contribution in [0.1, 0.15) is 6.42 Å². The number of ether oxygens (including phenoxy) is 5. The maximum absolute atomic E-state index is 11.2. The van der Waals surface area contributed by atoms with Crippen molar-refractivity contribution in [1.82, 2.24) is 4.90 Å². The highest BCUT2D eigenvalue weighted by molar-refractivity contribution is 5.71. The zero-order valence-electron chi connectivity index (χ0n) is 13.9. The first-order valence-electron chi connectivity index (χ1n) is 7.11. The van der Waals surface area contributed by atoms with Gasteiger partial charge in [-0.25, -0.2) is 9.59 Å². The largest absolute Gasteiger partial charge is 0.469 e. The molecule has 0 aromatic rings. The van der Waals surface area contributed by atoms with Crippen LogP contribution >= 0.6 is 0 Å². The maximum atomic E-state index is 11.2. The summed E-state index contributed by atoms with van der Waals surface area (Å²) in [4.78, 5) is 35.4. The van der Waals surface area contributed by atoms with Gasteiger partial charge in [-0.05, 0) is 0 Å². The molecule has 0 aromatic carbocycles. The van der Waals surface area contributed by atoms with Crippen molar-refractivity contribution >= 4 is 17.9 Å². The van der Waals surface area contributed by atoms with Gasteiger partial charge in [0.05, 0.1) is 13.5 Å². The molecule has 23 heavy (non-hydrogen) atoms. The lowest BCUT2D eigenvalue weighted by Gasteiger charge is -2.21. The third-order valence-corrected chi connectivity index (χ3v) is 2.73. The number of carbonyl (C=O) groups excluding carboxylic acids is 3. The quantitative estimate of drug-likeness (QED) is 0.317. The summed E-state index contributed by atoms with van der Waals surface area (Å²) in [6, 6.07) is 0. The fourth-order valence-electron chi connectivity index (χ4n) is 1.58. The van der Waals surface area contributed by atoms with Crippen LogP contribution in [0.25, 0.3) is 0 Å². The van der Waals surface area contributed by atoms with Gasteiger partial charge in [-0.2, -0.15) is 0 Å². The summed E-state index contributed by atoms with van der Waals surface area (Å²) in [5, 5.41) is 0.